The van der Waals surface area contributed by atoms with E-state index in [4.69, 9.17) is 0 Å². The first-order valence-corrected chi connectivity index (χ1v) is 10.0. The first-order chi connectivity index (χ1) is 14.4. The number of rotatable bonds is 5. The molecule has 8 nitrogen and oxygen atoms in total. The molecule has 0 atom stereocenters. The second-order valence-electron chi connectivity index (χ2n) is 7.80. The van der Waals surface area contributed by atoms with Gasteiger partial charge in [0.2, 0.25) is 5.95 Å². The van der Waals surface area contributed by atoms with E-state index >= 15 is 0 Å². The van der Waals surface area contributed by atoms with E-state index in [0.29, 0.717) is 36.4 Å². The molecule has 0 bridgehead atoms. The van der Waals surface area contributed by atoms with Crippen molar-refractivity contribution in [3.63, 3.8) is 0 Å². The van der Waals surface area contributed by atoms with E-state index in [1.54, 1.807) is 18.3 Å². The van der Waals surface area contributed by atoms with Crippen LogP contribution in [0.5, 0.6) is 0 Å². The maximum absolute atomic E-state index is 14.9. The van der Waals surface area contributed by atoms with Crippen molar-refractivity contribution >= 4 is 23.3 Å². The molecule has 1 saturated heterocycles. The third-order valence-electron chi connectivity index (χ3n) is 5.42. The van der Waals surface area contributed by atoms with Gasteiger partial charge in [-0.25, -0.2) is 9.37 Å². The van der Waals surface area contributed by atoms with Crippen LogP contribution < -0.4 is 10.6 Å². The fourth-order valence-electron chi connectivity index (χ4n) is 3.75. The van der Waals surface area contributed by atoms with Crippen molar-refractivity contribution in [3.8, 4) is 0 Å². The zero-order valence-electron chi connectivity index (χ0n) is 17.3. The van der Waals surface area contributed by atoms with Crippen molar-refractivity contribution in [2.75, 3.05) is 23.7 Å². The summed E-state index contributed by atoms with van der Waals surface area (Å²) in [7, 11) is 0. The van der Waals surface area contributed by atoms with Gasteiger partial charge in [0.05, 0.1) is 5.69 Å². The molecule has 9 heteroatoms. The van der Waals surface area contributed by atoms with Crippen molar-refractivity contribution in [2.45, 2.75) is 39.5 Å². The quantitative estimate of drug-likeness (QED) is 0.571. The lowest BCUT2D eigenvalue weighted by molar-refractivity contribution is 0.284. The second kappa shape index (κ2) is 8.37. The van der Waals surface area contributed by atoms with E-state index in [1.165, 1.54) is 0 Å². The van der Waals surface area contributed by atoms with Gasteiger partial charge in [-0.3, -0.25) is 5.10 Å². The molecule has 1 fully saturated rings. The third-order valence-corrected chi connectivity index (χ3v) is 5.42. The summed E-state index contributed by atoms with van der Waals surface area (Å²) >= 11 is 0. The summed E-state index contributed by atoms with van der Waals surface area (Å²) in [4.78, 5) is 8.74. The maximum Gasteiger partial charge on any atom is 0.229 e. The molecule has 1 aliphatic heterocycles. The molecular weight excluding hydrogens is 385 g/mol. The number of nitrogens with one attached hydrogen (secondary N) is 3. The number of aromatic nitrogens is 4. The molecule has 3 aromatic rings. The van der Waals surface area contributed by atoms with Crippen LogP contribution in [-0.2, 0) is 0 Å². The number of H-pyrrole nitrogens is 1. The van der Waals surface area contributed by atoms with Gasteiger partial charge < -0.3 is 20.9 Å². The zero-order chi connectivity index (χ0) is 21.3. The molecule has 0 saturated carbocycles. The highest BCUT2D eigenvalue weighted by Gasteiger charge is 2.20. The van der Waals surface area contributed by atoms with Crippen LogP contribution >= 0.6 is 0 Å². The van der Waals surface area contributed by atoms with Crippen LogP contribution in [0.3, 0.4) is 0 Å². The molecule has 4 rings (SSSR count). The Balaban J connectivity index is 1.54. The average molecular weight is 410 g/mol. The second-order valence-corrected chi connectivity index (χ2v) is 7.80. The lowest BCUT2D eigenvalue weighted by Gasteiger charge is -2.37. The first kappa shape index (κ1) is 20.2. The minimum absolute atomic E-state index is 0.211. The smallest absolute Gasteiger partial charge is 0.229 e. The largest absolute Gasteiger partial charge is 0.785 e. The standard InChI is InChI=1S/C21H25FN7O/c1-12-8-18(17(22)10-16(12)15-4-6-29(30)7-5-15)24-21-23-11-13(2)20(26-21)25-19-9-14(3)27-28-19/h8-11,15H,4-7H2,1-3H3,(H3,23,24,25,26,27,28)/q-1. The van der Waals surface area contributed by atoms with E-state index < -0.39 is 0 Å². The Hall–Kier alpha value is -3.04. The van der Waals surface area contributed by atoms with Gasteiger partial charge in [-0.1, -0.05) is 0 Å². The van der Waals surface area contributed by atoms with E-state index in [2.05, 4.69) is 30.8 Å². The summed E-state index contributed by atoms with van der Waals surface area (Å²) < 4.78 is 14.9. The lowest BCUT2D eigenvalue weighted by atomic mass is 9.87. The van der Waals surface area contributed by atoms with Gasteiger partial charge in [0, 0.05) is 23.5 Å². The van der Waals surface area contributed by atoms with Gasteiger partial charge in [-0.2, -0.15) is 10.1 Å². The minimum Gasteiger partial charge on any atom is -0.785 e. The van der Waals surface area contributed by atoms with Crippen molar-refractivity contribution in [1.82, 2.24) is 25.2 Å². The van der Waals surface area contributed by atoms with Gasteiger partial charge in [0.1, 0.15) is 11.6 Å². The fourth-order valence-corrected chi connectivity index (χ4v) is 3.75. The molecule has 0 aliphatic carbocycles. The molecule has 2 aromatic heterocycles. The molecule has 0 spiro atoms. The number of piperidine rings is 1. The highest BCUT2D eigenvalue weighted by molar-refractivity contribution is 5.61. The highest BCUT2D eigenvalue weighted by Crippen LogP contribution is 2.33. The van der Waals surface area contributed by atoms with Crippen LogP contribution in [-0.4, -0.2) is 38.3 Å². The van der Waals surface area contributed by atoms with Crippen LogP contribution in [0.4, 0.5) is 27.7 Å². The molecule has 0 unspecified atom stereocenters. The van der Waals surface area contributed by atoms with Crippen LogP contribution in [0.25, 0.3) is 0 Å². The first-order valence-electron chi connectivity index (χ1n) is 10.0. The Morgan fingerprint density at radius 1 is 1.10 bits per heavy atom. The number of hydrogen-bond acceptors (Lipinski definition) is 7. The lowest BCUT2D eigenvalue weighted by Crippen LogP contribution is -2.28. The van der Waals surface area contributed by atoms with Gasteiger partial charge in [0.25, 0.3) is 0 Å². The van der Waals surface area contributed by atoms with Crippen molar-refractivity contribution < 1.29 is 4.39 Å². The third kappa shape index (κ3) is 4.42. The number of hydrogen-bond donors (Lipinski definition) is 3. The SMILES string of the molecule is Cc1cc(Nc2nc(Nc3cc(C)c(C4CCN([O-])CC4)cc3F)ncc2C)n[nH]1. The van der Waals surface area contributed by atoms with Gasteiger partial charge in [-0.15, -0.1) is 0 Å². The molecule has 3 heterocycles. The summed E-state index contributed by atoms with van der Waals surface area (Å²) in [6.45, 7) is 6.75. The molecule has 0 radical (unpaired) electrons. The van der Waals surface area contributed by atoms with E-state index in [1.807, 2.05) is 26.8 Å². The highest BCUT2D eigenvalue weighted by atomic mass is 19.1. The van der Waals surface area contributed by atoms with Crippen LogP contribution in [0.1, 0.15) is 41.1 Å². The van der Waals surface area contributed by atoms with Crippen LogP contribution in [0.15, 0.2) is 24.4 Å². The molecule has 158 valence electrons. The Kier molecular flexibility index (Phi) is 5.65. The van der Waals surface area contributed by atoms with E-state index in [-0.39, 0.29) is 11.7 Å². The number of anilines is 4. The molecule has 1 aromatic carbocycles. The Morgan fingerprint density at radius 3 is 2.57 bits per heavy atom. The number of halogens is 1. The summed E-state index contributed by atoms with van der Waals surface area (Å²) in [6.07, 6.45) is 3.17. The zero-order valence-corrected chi connectivity index (χ0v) is 17.3. The average Bonchev–Trinajstić information content (AvgIpc) is 3.12. The predicted octanol–water partition coefficient (Wildman–Crippen LogP) is 4.43. The summed E-state index contributed by atoms with van der Waals surface area (Å²) in [6, 6.07) is 5.22. The number of aryl methyl sites for hydroxylation is 3. The molecule has 0 amide bonds. The maximum atomic E-state index is 14.9. The Bertz CT molecular complexity index is 1040. The summed E-state index contributed by atoms with van der Waals surface area (Å²) in [5, 5.41) is 25.6. The Labute approximate surface area is 174 Å². The van der Waals surface area contributed by atoms with Crippen LogP contribution in [0.2, 0.25) is 0 Å². The number of nitrogens with zero attached hydrogens (tertiary/aromatic N) is 4. The molecule has 3 N–H and O–H groups in total. The van der Waals surface area contributed by atoms with Crippen molar-refractivity contribution in [1.29, 1.82) is 0 Å². The predicted molar refractivity (Wildman–Crippen MR) is 115 cm³/mol. The normalized spacial score (nSPS) is 15.4. The fraction of sp³-hybridized carbons (Fsp3) is 0.381. The van der Waals surface area contributed by atoms with E-state index in [9.17, 15) is 9.60 Å². The van der Waals surface area contributed by atoms with E-state index in [0.717, 1.165) is 40.3 Å². The summed E-state index contributed by atoms with van der Waals surface area (Å²) in [5.41, 5.74) is 4.05. The molecular formula is C21H25FN7O-. The topological polar surface area (TPSA) is 105 Å². The van der Waals surface area contributed by atoms with Gasteiger partial charge >= 0.3 is 0 Å². The van der Waals surface area contributed by atoms with Crippen molar-refractivity contribution in [3.05, 3.63) is 57.8 Å². The van der Waals surface area contributed by atoms with Crippen molar-refractivity contribution in [2.24, 2.45) is 0 Å². The number of hydroxylamine groups is 2. The van der Waals surface area contributed by atoms with Crippen LogP contribution in [0, 0.1) is 31.8 Å². The van der Waals surface area contributed by atoms with Gasteiger partial charge in [-0.05, 0) is 75.9 Å². The molecule has 1 aliphatic rings. The van der Waals surface area contributed by atoms with Gasteiger partial charge in [0.15, 0.2) is 5.82 Å². The monoisotopic (exact) mass is 410 g/mol. The Morgan fingerprint density at radius 2 is 1.87 bits per heavy atom. The minimum atomic E-state index is -0.359. The summed E-state index contributed by atoms with van der Waals surface area (Å²) in [5.74, 6) is 1.39. The molecule has 30 heavy (non-hydrogen) atoms. The number of benzene rings is 1. The number of aromatic amines is 1.